The Morgan fingerprint density at radius 1 is 1.18 bits per heavy atom. The summed E-state index contributed by atoms with van der Waals surface area (Å²) in [6, 6.07) is 6.39. The third kappa shape index (κ3) is 4.07. The van der Waals surface area contributed by atoms with Gasteiger partial charge in [0.2, 0.25) is 5.91 Å². The third-order valence-electron chi connectivity index (χ3n) is 3.78. The van der Waals surface area contributed by atoms with Crippen LogP contribution in [0.5, 0.6) is 0 Å². The summed E-state index contributed by atoms with van der Waals surface area (Å²) in [5.41, 5.74) is 1.10. The number of carboxylic acids is 1. The summed E-state index contributed by atoms with van der Waals surface area (Å²) in [7, 11) is -3.31. The van der Waals surface area contributed by atoms with E-state index in [1.54, 1.807) is 12.1 Å². The number of sulfone groups is 1. The highest BCUT2D eigenvalue weighted by Crippen LogP contribution is 2.19. The number of amides is 1. The van der Waals surface area contributed by atoms with Crippen LogP contribution in [0.15, 0.2) is 24.3 Å². The van der Waals surface area contributed by atoms with Gasteiger partial charge in [0, 0.05) is 6.54 Å². The lowest BCUT2D eigenvalue weighted by Crippen LogP contribution is -2.43. The molecule has 6 nitrogen and oxygen atoms in total. The van der Waals surface area contributed by atoms with Crippen molar-refractivity contribution >= 4 is 21.7 Å². The van der Waals surface area contributed by atoms with E-state index in [2.05, 4.69) is 5.32 Å². The Balaban J connectivity index is 1.85. The van der Waals surface area contributed by atoms with Crippen LogP contribution >= 0.6 is 0 Å². The summed E-state index contributed by atoms with van der Waals surface area (Å²) in [6.45, 7) is 0.331. The van der Waals surface area contributed by atoms with E-state index in [-0.39, 0.29) is 11.3 Å². The highest BCUT2D eigenvalue weighted by atomic mass is 32.2. The molecule has 0 radical (unpaired) electrons. The molecule has 1 aromatic carbocycles. The number of benzene rings is 1. The van der Waals surface area contributed by atoms with Crippen LogP contribution in [0.3, 0.4) is 0 Å². The number of nitrogens with one attached hydrogen (secondary N) is 1. The van der Waals surface area contributed by atoms with Crippen molar-refractivity contribution in [1.29, 1.82) is 0 Å². The Morgan fingerprint density at radius 2 is 1.86 bits per heavy atom. The highest BCUT2D eigenvalue weighted by molar-refractivity contribution is 7.92. The molecule has 1 heterocycles. The van der Waals surface area contributed by atoms with Crippen LogP contribution in [0.4, 0.5) is 0 Å². The van der Waals surface area contributed by atoms with E-state index in [0.717, 1.165) is 12.0 Å². The minimum absolute atomic E-state index is 0.0851. The highest BCUT2D eigenvalue weighted by Gasteiger charge is 2.34. The molecule has 0 spiro atoms. The van der Waals surface area contributed by atoms with Crippen molar-refractivity contribution in [2.24, 2.45) is 0 Å². The van der Waals surface area contributed by atoms with Crippen molar-refractivity contribution < 1.29 is 23.1 Å². The maximum atomic E-state index is 12.0. The number of rotatable bonds is 5. The van der Waals surface area contributed by atoms with Crippen molar-refractivity contribution in [3.63, 3.8) is 0 Å². The van der Waals surface area contributed by atoms with Gasteiger partial charge < -0.3 is 10.4 Å². The van der Waals surface area contributed by atoms with Gasteiger partial charge in [0.15, 0.2) is 9.84 Å². The monoisotopic (exact) mass is 325 g/mol. The minimum Gasteiger partial charge on any atom is -0.478 e. The first-order valence-corrected chi connectivity index (χ1v) is 8.93. The third-order valence-corrected chi connectivity index (χ3v) is 5.96. The summed E-state index contributed by atoms with van der Waals surface area (Å²) in [5, 5.41) is 10.5. The van der Waals surface area contributed by atoms with Crippen molar-refractivity contribution in [2.75, 3.05) is 12.3 Å². The molecule has 1 aliphatic rings. The maximum Gasteiger partial charge on any atom is 0.335 e. The molecule has 2 rings (SSSR count). The Bertz CT molecular complexity index is 651. The van der Waals surface area contributed by atoms with Crippen LogP contribution in [0, 0.1) is 0 Å². The van der Waals surface area contributed by atoms with Gasteiger partial charge in [-0.1, -0.05) is 18.6 Å². The Hall–Kier alpha value is -1.89. The molecule has 1 atom stereocenters. The molecule has 1 unspecified atom stereocenters. The second kappa shape index (κ2) is 6.91. The first-order chi connectivity index (χ1) is 10.4. The molecule has 0 aliphatic carbocycles. The zero-order valence-corrected chi connectivity index (χ0v) is 12.9. The zero-order chi connectivity index (χ0) is 16.2. The number of carboxylic acid groups (broad SMARTS) is 1. The van der Waals surface area contributed by atoms with Gasteiger partial charge >= 0.3 is 5.97 Å². The SMILES string of the molecule is O=C(O)c1ccc(CCNC(=O)C2CCCCS2(=O)=O)cc1. The fourth-order valence-electron chi connectivity index (χ4n) is 2.51. The summed E-state index contributed by atoms with van der Waals surface area (Å²) in [6.07, 6.45) is 2.30. The van der Waals surface area contributed by atoms with E-state index < -0.39 is 27.0 Å². The molecule has 1 fully saturated rings. The van der Waals surface area contributed by atoms with Crippen molar-refractivity contribution in [3.05, 3.63) is 35.4 Å². The Kier molecular flexibility index (Phi) is 5.18. The molecular weight excluding hydrogens is 306 g/mol. The quantitative estimate of drug-likeness (QED) is 0.841. The molecule has 0 aromatic heterocycles. The Morgan fingerprint density at radius 3 is 2.45 bits per heavy atom. The average molecular weight is 325 g/mol. The van der Waals surface area contributed by atoms with Crippen molar-refractivity contribution in [3.8, 4) is 0 Å². The van der Waals surface area contributed by atoms with Crippen LogP contribution < -0.4 is 5.32 Å². The number of hydrogen-bond acceptors (Lipinski definition) is 4. The normalized spacial score (nSPS) is 20.3. The molecule has 1 aromatic rings. The number of carbonyl (C=O) groups excluding carboxylic acids is 1. The molecule has 1 saturated heterocycles. The van der Waals surface area contributed by atoms with Gasteiger partial charge in [0.25, 0.3) is 0 Å². The van der Waals surface area contributed by atoms with Gasteiger partial charge in [-0.3, -0.25) is 4.79 Å². The van der Waals surface area contributed by atoms with E-state index in [1.165, 1.54) is 12.1 Å². The number of aromatic carboxylic acids is 1. The molecule has 2 N–H and O–H groups in total. The van der Waals surface area contributed by atoms with Gasteiger partial charge in [-0.15, -0.1) is 0 Å². The molecule has 0 saturated carbocycles. The van der Waals surface area contributed by atoms with Crippen molar-refractivity contribution in [2.45, 2.75) is 30.9 Å². The van der Waals surface area contributed by atoms with E-state index in [1.807, 2.05) is 0 Å². The van der Waals surface area contributed by atoms with E-state index in [0.29, 0.717) is 25.8 Å². The second-order valence-electron chi connectivity index (χ2n) is 5.39. The van der Waals surface area contributed by atoms with Gasteiger partial charge in [-0.05, 0) is 37.0 Å². The van der Waals surface area contributed by atoms with Gasteiger partial charge in [0.05, 0.1) is 11.3 Å². The predicted molar refractivity (Wildman–Crippen MR) is 81.5 cm³/mol. The molecule has 22 heavy (non-hydrogen) atoms. The van der Waals surface area contributed by atoms with Gasteiger partial charge in [0.1, 0.15) is 5.25 Å². The van der Waals surface area contributed by atoms with Crippen LogP contribution in [-0.4, -0.2) is 42.9 Å². The number of hydrogen-bond donors (Lipinski definition) is 2. The van der Waals surface area contributed by atoms with Crippen LogP contribution in [-0.2, 0) is 21.1 Å². The molecule has 1 amide bonds. The summed E-state index contributed by atoms with van der Waals surface area (Å²) in [5.74, 6) is -1.33. The van der Waals surface area contributed by atoms with Gasteiger partial charge in [-0.25, -0.2) is 13.2 Å². The molecular formula is C15H19NO5S. The average Bonchev–Trinajstić information content (AvgIpc) is 2.47. The first kappa shape index (κ1) is 16.5. The van der Waals surface area contributed by atoms with Crippen LogP contribution in [0.1, 0.15) is 35.2 Å². The molecule has 0 bridgehead atoms. The Labute approximate surface area is 129 Å². The van der Waals surface area contributed by atoms with Crippen LogP contribution in [0.2, 0.25) is 0 Å². The van der Waals surface area contributed by atoms with E-state index >= 15 is 0 Å². The second-order valence-corrected chi connectivity index (χ2v) is 7.70. The lowest BCUT2D eigenvalue weighted by Gasteiger charge is -2.21. The largest absolute Gasteiger partial charge is 0.478 e. The molecule has 120 valence electrons. The molecule has 7 heteroatoms. The lowest BCUT2D eigenvalue weighted by molar-refractivity contribution is -0.120. The smallest absolute Gasteiger partial charge is 0.335 e. The van der Waals surface area contributed by atoms with Crippen molar-refractivity contribution in [1.82, 2.24) is 5.32 Å². The van der Waals surface area contributed by atoms with E-state index in [9.17, 15) is 18.0 Å². The first-order valence-electron chi connectivity index (χ1n) is 7.21. The van der Waals surface area contributed by atoms with Crippen LogP contribution in [0.25, 0.3) is 0 Å². The summed E-state index contributed by atoms with van der Waals surface area (Å²) >= 11 is 0. The topological polar surface area (TPSA) is 101 Å². The van der Waals surface area contributed by atoms with E-state index in [4.69, 9.17) is 5.11 Å². The maximum absolute atomic E-state index is 12.0. The van der Waals surface area contributed by atoms with Gasteiger partial charge in [-0.2, -0.15) is 0 Å². The zero-order valence-electron chi connectivity index (χ0n) is 12.1. The standard InChI is InChI=1S/C15H19NO5S/c17-14(13-3-1-2-10-22(13,20)21)16-9-8-11-4-6-12(7-5-11)15(18)19/h4-7,13H,1-3,8-10H2,(H,16,17)(H,18,19). The fourth-order valence-corrected chi connectivity index (χ4v) is 4.33. The summed E-state index contributed by atoms with van der Waals surface area (Å²) < 4.78 is 23.7. The summed E-state index contributed by atoms with van der Waals surface area (Å²) in [4.78, 5) is 22.7. The predicted octanol–water partition coefficient (Wildman–Crippen LogP) is 1.01. The minimum atomic E-state index is -3.31. The number of carbonyl (C=O) groups is 2. The lowest BCUT2D eigenvalue weighted by atomic mass is 10.1. The fraction of sp³-hybridized carbons (Fsp3) is 0.467. The molecule has 1 aliphatic heterocycles.